The Labute approximate surface area is 287 Å². The average Bonchev–Trinajstić information content (AvgIpc) is 3.37. The molecule has 2 aromatic heterocycles. The van der Waals surface area contributed by atoms with Gasteiger partial charge in [-0.2, -0.15) is 26.3 Å². The molecule has 0 bridgehead atoms. The number of alkyl halides is 6. The number of fused-ring (bicyclic) bond motifs is 3. The smallest absolute Gasteiger partial charge is 0.339 e. The van der Waals surface area contributed by atoms with E-state index in [0.717, 1.165) is 22.0 Å². The van der Waals surface area contributed by atoms with Crippen LogP contribution < -0.4 is 0 Å². The molecule has 1 fully saturated rings. The van der Waals surface area contributed by atoms with E-state index in [0.29, 0.717) is 47.2 Å². The summed E-state index contributed by atoms with van der Waals surface area (Å²) in [7, 11) is 0. The van der Waals surface area contributed by atoms with Gasteiger partial charge in [0.05, 0.1) is 16.6 Å². The van der Waals surface area contributed by atoms with Crippen LogP contribution in [0.2, 0.25) is 0 Å². The van der Waals surface area contributed by atoms with Crippen LogP contribution in [0.25, 0.3) is 22.1 Å². The number of amides is 2. The SMILES string of the molecule is Cc1ccc2c(c1)c1nnc(SCCCC(=O)N3CCN(C(=O)c4cc(C(F)(F)F)cc(C(F)(F)F)c4)C(C)C3)nc1n2Cc1ccccc1. The lowest BCUT2D eigenvalue weighted by Gasteiger charge is -2.40. The van der Waals surface area contributed by atoms with Crippen molar-refractivity contribution in [2.75, 3.05) is 25.4 Å². The number of carbonyl (C=O) groups excluding carboxylic acids is 2. The molecule has 1 unspecified atom stereocenters. The van der Waals surface area contributed by atoms with Gasteiger partial charge >= 0.3 is 12.4 Å². The van der Waals surface area contributed by atoms with Crippen molar-refractivity contribution in [2.45, 2.75) is 56.8 Å². The Morgan fingerprint density at radius 3 is 2.26 bits per heavy atom. The van der Waals surface area contributed by atoms with E-state index in [4.69, 9.17) is 4.98 Å². The molecular formula is C35H32F6N6O2S. The first-order valence-electron chi connectivity index (χ1n) is 15.9. The van der Waals surface area contributed by atoms with Crippen LogP contribution in [0.1, 0.15) is 52.4 Å². The number of halogens is 6. The van der Waals surface area contributed by atoms with Crippen LogP contribution in [-0.4, -0.2) is 72.8 Å². The number of hydrogen-bond acceptors (Lipinski definition) is 6. The van der Waals surface area contributed by atoms with Gasteiger partial charge in [0, 0.05) is 55.3 Å². The molecule has 1 atom stereocenters. The lowest BCUT2D eigenvalue weighted by atomic mass is 10.0. The Kier molecular flexibility index (Phi) is 9.80. The predicted molar refractivity (Wildman–Crippen MR) is 177 cm³/mol. The number of aromatic nitrogens is 4. The molecule has 1 saturated heterocycles. The summed E-state index contributed by atoms with van der Waals surface area (Å²) < 4.78 is 82.1. The largest absolute Gasteiger partial charge is 0.416 e. The minimum absolute atomic E-state index is 0.0113. The van der Waals surface area contributed by atoms with E-state index in [1.165, 1.54) is 16.7 Å². The molecule has 262 valence electrons. The summed E-state index contributed by atoms with van der Waals surface area (Å²) >= 11 is 1.38. The molecule has 1 aliphatic rings. The van der Waals surface area contributed by atoms with Gasteiger partial charge in [-0.25, -0.2) is 4.98 Å². The molecule has 0 aliphatic carbocycles. The summed E-state index contributed by atoms with van der Waals surface area (Å²) in [6.07, 6.45) is -9.45. The van der Waals surface area contributed by atoms with E-state index in [9.17, 15) is 35.9 Å². The molecular weight excluding hydrogens is 682 g/mol. The standard InChI is InChI=1S/C35H32F6N6O2S/c1-21-10-11-28-27(15-21)30-31(47(28)20-23-7-4-3-5-8-23)42-33(44-43-30)50-14-6-9-29(48)45-12-13-46(22(2)19-45)32(49)24-16-25(34(36,37)38)18-26(17-24)35(39,40)41/h3-5,7-8,10-11,15-18,22H,6,9,12-14,19-20H2,1-2H3. The maximum absolute atomic E-state index is 13.3. The molecule has 2 amide bonds. The van der Waals surface area contributed by atoms with Crippen molar-refractivity contribution in [1.82, 2.24) is 29.5 Å². The first-order valence-corrected chi connectivity index (χ1v) is 16.9. The molecule has 3 aromatic carbocycles. The van der Waals surface area contributed by atoms with Crippen molar-refractivity contribution in [2.24, 2.45) is 0 Å². The molecule has 0 radical (unpaired) electrons. The van der Waals surface area contributed by atoms with Crippen LogP contribution >= 0.6 is 11.8 Å². The molecule has 0 saturated carbocycles. The van der Waals surface area contributed by atoms with Gasteiger partial charge in [0.15, 0.2) is 5.65 Å². The molecule has 1 aliphatic heterocycles. The molecule has 50 heavy (non-hydrogen) atoms. The van der Waals surface area contributed by atoms with Crippen molar-refractivity contribution >= 4 is 45.6 Å². The summed E-state index contributed by atoms with van der Waals surface area (Å²) in [5, 5.41) is 10.3. The van der Waals surface area contributed by atoms with Crippen LogP contribution in [0.3, 0.4) is 0 Å². The van der Waals surface area contributed by atoms with Gasteiger partial charge in [0.25, 0.3) is 5.91 Å². The van der Waals surface area contributed by atoms with Crippen molar-refractivity contribution in [3.63, 3.8) is 0 Å². The number of nitrogens with zero attached hydrogens (tertiary/aromatic N) is 6. The normalized spacial score (nSPS) is 15.6. The van der Waals surface area contributed by atoms with Gasteiger partial charge in [-0.05, 0) is 56.2 Å². The number of carbonyl (C=O) groups is 2. The molecule has 5 aromatic rings. The van der Waals surface area contributed by atoms with Gasteiger partial charge < -0.3 is 14.4 Å². The van der Waals surface area contributed by atoms with Gasteiger partial charge in [0.2, 0.25) is 11.1 Å². The van der Waals surface area contributed by atoms with Crippen LogP contribution in [0, 0.1) is 6.92 Å². The highest BCUT2D eigenvalue weighted by atomic mass is 32.2. The highest BCUT2D eigenvalue weighted by molar-refractivity contribution is 7.99. The summed E-state index contributed by atoms with van der Waals surface area (Å²) in [5.74, 6) is -0.598. The molecule has 8 nitrogen and oxygen atoms in total. The number of rotatable bonds is 8. The molecule has 0 N–H and O–H groups in total. The first kappa shape index (κ1) is 35.2. The maximum atomic E-state index is 13.3. The zero-order valence-electron chi connectivity index (χ0n) is 27.1. The molecule has 6 rings (SSSR count). The zero-order chi connectivity index (χ0) is 35.8. The second kappa shape index (κ2) is 13.9. The molecule has 3 heterocycles. The lowest BCUT2D eigenvalue weighted by Crippen LogP contribution is -2.55. The van der Waals surface area contributed by atoms with E-state index >= 15 is 0 Å². The fourth-order valence-corrected chi connectivity index (χ4v) is 6.84. The highest BCUT2D eigenvalue weighted by Gasteiger charge is 2.39. The third kappa shape index (κ3) is 7.57. The Balaban J connectivity index is 1.07. The van der Waals surface area contributed by atoms with E-state index in [-0.39, 0.29) is 38.0 Å². The van der Waals surface area contributed by atoms with Gasteiger partial charge in [-0.15, -0.1) is 10.2 Å². The van der Waals surface area contributed by atoms with Gasteiger partial charge in [-0.3, -0.25) is 9.59 Å². The Bertz CT molecular complexity index is 2020. The lowest BCUT2D eigenvalue weighted by molar-refractivity contribution is -0.143. The summed E-state index contributed by atoms with van der Waals surface area (Å²) in [5.41, 5.74) is 0.815. The van der Waals surface area contributed by atoms with Crippen LogP contribution in [0.5, 0.6) is 0 Å². The van der Waals surface area contributed by atoms with Crippen molar-refractivity contribution in [1.29, 1.82) is 0 Å². The Hall–Kier alpha value is -4.66. The summed E-state index contributed by atoms with van der Waals surface area (Å²) in [6, 6.07) is 16.4. The van der Waals surface area contributed by atoms with E-state index < -0.39 is 41.0 Å². The van der Waals surface area contributed by atoms with Crippen molar-refractivity contribution in [3.8, 4) is 0 Å². The number of piperazine rings is 1. The monoisotopic (exact) mass is 714 g/mol. The van der Waals surface area contributed by atoms with Gasteiger partial charge in [0.1, 0.15) is 5.52 Å². The Morgan fingerprint density at radius 1 is 0.900 bits per heavy atom. The quantitative estimate of drug-likeness (QED) is 0.0935. The molecule has 15 heteroatoms. The fraction of sp³-hybridized carbons (Fsp3) is 0.343. The van der Waals surface area contributed by atoms with E-state index in [1.807, 2.05) is 31.2 Å². The highest BCUT2D eigenvalue weighted by Crippen LogP contribution is 2.37. The minimum Gasteiger partial charge on any atom is -0.339 e. The number of benzene rings is 3. The number of thioether (sulfide) groups is 1. The first-order chi connectivity index (χ1) is 23.7. The second-order valence-corrected chi connectivity index (χ2v) is 13.4. The Morgan fingerprint density at radius 2 is 1.60 bits per heavy atom. The van der Waals surface area contributed by atoms with Crippen molar-refractivity contribution in [3.05, 3.63) is 94.5 Å². The second-order valence-electron chi connectivity index (χ2n) is 12.3. The fourth-order valence-electron chi connectivity index (χ4n) is 6.12. The third-order valence-electron chi connectivity index (χ3n) is 8.63. The third-order valence-corrected chi connectivity index (χ3v) is 9.55. The number of aryl methyl sites for hydroxylation is 1. The molecule has 0 spiro atoms. The van der Waals surface area contributed by atoms with Crippen molar-refractivity contribution < 1.29 is 35.9 Å². The van der Waals surface area contributed by atoms with Crippen LogP contribution in [0.4, 0.5) is 26.3 Å². The van der Waals surface area contributed by atoms with Crippen LogP contribution in [0.15, 0.2) is 71.9 Å². The summed E-state index contributed by atoms with van der Waals surface area (Å²) in [6.45, 7) is 4.38. The van der Waals surface area contributed by atoms with E-state index in [1.54, 1.807) is 11.8 Å². The average molecular weight is 715 g/mol. The minimum atomic E-state index is -5.07. The topological polar surface area (TPSA) is 84.2 Å². The van der Waals surface area contributed by atoms with E-state index in [2.05, 4.69) is 39.0 Å². The zero-order valence-corrected chi connectivity index (χ0v) is 27.9. The van der Waals surface area contributed by atoms with Crippen LogP contribution in [-0.2, 0) is 23.7 Å². The maximum Gasteiger partial charge on any atom is 0.416 e. The van der Waals surface area contributed by atoms with Gasteiger partial charge in [-0.1, -0.05) is 53.7 Å². The summed E-state index contributed by atoms with van der Waals surface area (Å²) in [4.78, 5) is 33.8. The number of hydrogen-bond donors (Lipinski definition) is 0. The predicted octanol–water partition coefficient (Wildman–Crippen LogP) is 7.62.